The molecule has 0 aliphatic heterocycles. The molecule has 0 bridgehead atoms. The second-order valence-electron chi connectivity index (χ2n) is 7.26. The molecule has 5 heteroatoms. The van der Waals surface area contributed by atoms with Gasteiger partial charge in [0.25, 0.3) is 0 Å². The van der Waals surface area contributed by atoms with Gasteiger partial charge in [0, 0.05) is 6.54 Å². The van der Waals surface area contributed by atoms with Crippen molar-refractivity contribution in [3.8, 4) is 0 Å². The Morgan fingerprint density at radius 1 is 0.967 bits per heavy atom. The van der Waals surface area contributed by atoms with E-state index in [1.807, 2.05) is 61.5 Å². The van der Waals surface area contributed by atoms with Crippen LogP contribution in [0.4, 0.5) is 0 Å². The summed E-state index contributed by atoms with van der Waals surface area (Å²) >= 11 is 1.49. The Morgan fingerprint density at radius 2 is 1.63 bits per heavy atom. The van der Waals surface area contributed by atoms with Gasteiger partial charge in [-0.3, -0.25) is 4.79 Å². The lowest BCUT2D eigenvalue weighted by Crippen LogP contribution is -2.28. The van der Waals surface area contributed by atoms with Crippen LogP contribution in [0.25, 0.3) is 11.0 Å². The lowest BCUT2D eigenvalue weighted by atomic mass is 10.1. The number of carbonyl (C=O) groups is 1. The maximum absolute atomic E-state index is 12.5. The molecule has 1 amide bonds. The first kappa shape index (κ1) is 20.2. The Kier molecular flexibility index (Phi) is 6.50. The van der Waals surface area contributed by atoms with Crippen LogP contribution in [0.3, 0.4) is 0 Å². The van der Waals surface area contributed by atoms with Gasteiger partial charge in [0.2, 0.25) is 5.91 Å². The molecule has 0 saturated carbocycles. The van der Waals surface area contributed by atoms with Crippen LogP contribution in [0.15, 0.2) is 90.1 Å². The summed E-state index contributed by atoms with van der Waals surface area (Å²) < 4.78 is 2.22. The first-order valence-electron chi connectivity index (χ1n) is 10.2. The normalized spacial score (nSPS) is 12.0. The van der Waals surface area contributed by atoms with E-state index >= 15 is 0 Å². The molecule has 30 heavy (non-hydrogen) atoms. The quantitative estimate of drug-likeness (QED) is 0.400. The van der Waals surface area contributed by atoms with Crippen molar-refractivity contribution in [3.05, 3.63) is 96.1 Å². The van der Waals surface area contributed by atoms with Crippen molar-refractivity contribution >= 4 is 28.7 Å². The number of nitrogens with one attached hydrogen (secondary N) is 1. The Bertz CT molecular complexity index is 1110. The number of hydrogen-bond acceptors (Lipinski definition) is 3. The van der Waals surface area contributed by atoms with Gasteiger partial charge < -0.3 is 9.88 Å². The molecule has 0 unspecified atom stereocenters. The molecule has 3 aromatic carbocycles. The summed E-state index contributed by atoms with van der Waals surface area (Å²) in [5.41, 5.74) is 4.46. The lowest BCUT2D eigenvalue weighted by molar-refractivity contribution is -0.119. The SMILES string of the molecule is C[C@H](NC(=O)CSc1nc2ccccc2n1CCc1ccccc1)c1ccccc1. The number of amides is 1. The minimum atomic E-state index is -0.0174. The van der Waals surface area contributed by atoms with E-state index < -0.39 is 0 Å². The lowest BCUT2D eigenvalue weighted by Gasteiger charge is -2.14. The highest BCUT2D eigenvalue weighted by molar-refractivity contribution is 7.99. The summed E-state index contributed by atoms with van der Waals surface area (Å²) in [7, 11) is 0. The van der Waals surface area contributed by atoms with Crippen molar-refractivity contribution in [2.24, 2.45) is 0 Å². The van der Waals surface area contributed by atoms with E-state index in [4.69, 9.17) is 4.98 Å². The third kappa shape index (κ3) is 4.92. The van der Waals surface area contributed by atoms with Crippen LogP contribution in [-0.4, -0.2) is 21.2 Å². The Labute approximate surface area is 181 Å². The summed E-state index contributed by atoms with van der Waals surface area (Å²) in [6.07, 6.45) is 0.923. The van der Waals surface area contributed by atoms with Gasteiger partial charge in [0.15, 0.2) is 5.16 Å². The van der Waals surface area contributed by atoms with Gasteiger partial charge in [-0.1, -0.05) is 84.6 Å². The van der Waals surface area contributed by atoms with Crippen molar-refractivity contribution in [2.75, 3.05) is 5.75 Å². The molecule has 4 rings (SSSR count). The van der Waals surface area contributed by atoms with E-state index in [0.717, 1.165) is 34.7 Å². The van der Waals surface area contributed by atoms with Crippen LogP contribution in [0, 0.1) is 0 Å². The van der Waals surface area contributed by atoms with Gasteiger partial charge >= 0.3 is 0 Å². The number of nitrogens with zero attached hydrogens (tertiary/aromatic N) is 2. The van der Waals surface area contributed by atoms with Crippen LogP contribution in [0.5, 0.6) is 0 Å². The molecule has 1 atom stereocenters. The summed E-state index contributed by atoms with van der Waals surface area (Å²) in [5, 5.41) is 3.96. The van der Waals surface area contributed by atoms with Gasteiger partial charge in [-0.05, 0) is 36.6 Å². The number of para-hydroxylation sites is 2. The zero-order valence-corrected chi connectivity index (χ0v) is 17.8. The van der Waals surface area contributed by atoms with Crippen molar-refractivity contribution in [3.63, 3.8) is 0 Å². The molecule has 4 nitrogen and oxygen atoms in total. The second-order valence-corrected chi connectivity index (χ2v) is 8.20. The fourth-order valence-electron chi connectivity index (χ4n) is 3.50. The molecule has 0 aliphatic rings. The van der Waals surface area contributed by atoms with Crippen LogP contribution < -0.4 is 5.32 Å². The monoisotopic (exact) mass is 415 g/mol. The van der Waals surface area contributed by atoms with Crippen molar-refractivity contribution in [1.29, 1.82) is 0 Å². The average Bonchev–Trinajstić information content (AvgIpc) is 3.15. The molecule has 0 radical (unpaired) electrons. The molecule has 1 aromatic heterocycles. The zero-order valence-electron chi connectivity index (χ0n) is 17.0. The topological polar surface area (TPSA) is 46.9 Å². The Hall–Kier alpha value is -3.05. The van der Waals surface area contributed by atoms with Gasteiger partial charge in [-0.2, -0.15) is 0 Å². The predicted molar refractivity (Wildman–Crippen MR) is 124 cm³/mol. The van der Waals surface area contributed by atoms with Crippen molar-refractivity contribution in [2.45, 2.75) is 31.1 Å². The number of rotatable bonds is 8. The standard InChI is InChI=1S/C25H25N3OS/c1-19(21-12-6-3-7-13-21)26-24(29)18-30-25-27-22-14-8-9-15-23(22)28(25)17-16-20-10-4-2-5-11-20/h2-15,19H,16-18H2,1H3,(H,26,29)/t19-/m0/s1. The van der Waals surface area contributed by atoms with E-state index in [1.54, 1.807) is 0 Å². The number of aromatic nitrogens is 2. The predicted octanol–water partition coefficient (Wildman–Crippen LogP) is 5.25. The number of imidazole rings is 1. The van der Waals surface area contributed by atoms with Crippen molar-refractivity contribution in [1.82, 2.24) is 14.9 Å². The number of aryl methyl sites for hydroxylation is 2. The highest BCUT2D eigenvalue weighted by Crippen LogP contribution is 2.25. The number of thioether (sulfide) groups is 1. The molecular weight excluding hydrogens is 390 g/mol. The third-order valence-electron chi connectivity index (χ3n) is 5.10. The van der Waals surface area contributed by atoms with E-state index in [-0.39, 0.29) is 11.9 Å². The van der Waals surface area contributed by atoms with Crippen LogP contribution >= 0.6 is 11.8 Å². The summed E-state index contributed by atoms with van der Waals surface area (Å²) in [6, 6.07) is 28.6. The molecular formula is C25H25N3OS. The van der Waals surface area contributed by atoms with Gasteiger partial charge in [-0.15, -0.1) is 0 Å². The first-order chi connectivity index (χ1) is 14.7. The highest BCUT2D eigenvalue weighted by Gasteiger charge is 2.14. The number of carbonyl (C=O) groups excluding carboxylic acids is 1. The average molecular weight is 416 g/mol. The Morgan fingerprint density at radius 3 is 2.40 bits per heavy atom. The van der Waals surface area contributed by atoms with Crippen molar-refractivity contribution < 1.29 is 4.79 Å². The van der Waals surface area contributed by atoms with E-state index in [2.05, 4.69) is 40.2 Å². The number of benzene rings is 3. The maximum atomic E-state index is 12.5. The second kappa shape index (κ2) is 9.63. The van der Waals surface area contributed by atoms with E-state index in [0.29, 0.717) is 5.75 Å². The number of fused-ring (bicyclic) bond motifs is 1. The van der Waals surface area contributed by atoms with Crippen LogP contribution in [-0.2, 0) is 17.8 Å². The van der Waals surface area contributed by atoms with E-state index in [9.17, 15) is 4.79 Å². The third-order valence-corrected chi connectivity index (χ3v) is 6.07. The van der Waals surface area contributed by atoms with Gasteiger partial charge in [-0.25, -0.2) is 4.98 Å². The first-order valence-corrected chi connectivity index (χ1v) is 11.2. The van der Waals surface area contributed by atoms with Gasteiger partial charge in [0.05, 0.1) is 22.8 Å². The Balaban J connectivity index is 1.44. The molecule has 0 spiro atoms. The molecule has 1 heterocycles. The summed E-state index contributed by atoms with van der Waals surface area (Å²) in [4.78, 5) is 17.3. The van der Waals surface area contributed by atoms with Crippen LogP contribution in [0.2, 0.25) is 0 Å². The molecule has 0 fully saturated rings. The fourth-order valence-corrected chi connectivity index (χ4v) is 4.36. The molecule has 0 saturated heterocycles. The largest absolute Gasteiger partial charge is 0.349 e. The molecule has 0 aliphatic carbocycles. The number of hydrogen-bond donors (Lipinski definition) is 1. The zero-order chi connectivity index (χ0) is 20.8. The minimum Gasteiger partial charge on any atom is -0.349 e. The minimum absolute atomic E-state index is 0.0121. The summed E-state index contributed by atoms with van der Waals surface area (Å²) in [5.74, 6) is 0.351. The maximum Gasteiger partial charge on any atom is 0.230 e. The smallest absolute Gasteiger partial charge is 0.230 e. The van der Waals surface area contributed by atoms with Gasteiger partial charge in [0.1, 0.15) is 0 Å². The molecule has 1 N–H and O–H groups in total. The fraction of sp³-hybridized carbons (Fsp3) is 0.200. The van der Waals surface area contributed by atoms with Crippen LogP contribution in [0.1, 0.15) is 24.1 Å². The van der Waals surface area contributed by atoms with E-state index in [1.165, 1.54) is 17.3 Å². The highest BCUT2D eigenvalue weighted by atomic mass is 32.2. The molecule has 152 valence electrons. The molecule has 4 aromatic rings. The summed E-state index contributed by atoms with van der Waals surface area (Å²) in [6.45, 7) is 2.84.